The van der Waals surface area contributed by atoms with Crippen LogP contribution in [0.15, 0.2) is 29.7 Å². The second kappa shape index (κ2) is 8.53. The van der Waals surface area contributed by atoms with Crippen LogP contribution in [0.1, 0.15) is 26.7 Å². The molecule has 0 bridgehead atoms. The summed E-state index contributed by atoms with van der Waals surface area (Å²) in [7, 11) is 0. The Morgan fingerprint density at radius 1 is 1.27 bits per heavy atom. The summed E-state index contributed by atoms with van der Waals surface area (Å²) in [5.41, 5.74) is 0.976. The van der Waals surface area contributed by atoms with E-state index in [1.807, 2.05) is 23.6 Å². The van der Waals surface area contributed by atoms with Crippen molar-refractivity contribution in [2.45, 2.75) is 38.4 Å². The molecule has 0 fully saturated rings. The van der Waals surface area contributed by atoms with E-state index in [0.29, 0.717) is 5.75 Å². The number of thioether (sulfide) groups is 1. The maximum atomic E-state index is 11.8. The molecule has 0 spiro atoms. The number of nitrogens with zero attached hydrogens (tertiary/aromatic N) is 4. The van der Waals surface area contributed by atoms with Crippen LogP contribution in [0.4, 0.5) is 0 Å². The average molecular weight is 319 g/mol. The van der Waals surface area contributed by atoms with Gasteiger partial charge in [0.2, 0.25) is 5.91 Å². The van der Waals surface area contributed by atoms with E-state index in [4.69, 9.17) is 0 Å². The number of pyridine rings is 1. The van der Waals surface area contributed by atoms with Crippen LogP contribution in [0.25, 0.3) is 11.4 Å². The van der Waals surface area contributed by atoms with Crippen molar-refractivity contribution in [3.05, 3.63) is 24.5 Å². The van der Waals surface area contributed by atoms with Gasteiger partial charge in [0, 0.05) is 31.0 Å². The molecule has 7 heteroatoms. The number of carbonyl (C=O) groups excluding carboxylic acids is 1. The summed E-state index contributed by atoms with van der Waals surface area (Å²) in [6.07, 6.45) is 5.55. The standard InChI is InChI=1S/C15H21N5OS/c1-3-5-8-17-13(21)11-22-15-19-18-14(20(15)4-2)12-6-9-16-10-7-12/h6-7,9-10H,3-5,8,11H2,1-2H3,(H,17,21). The fourth-order valence-corrected chi connectivity index (χ4v) is 2.81. The topological polar surface area (TPSA) is 72.7 Å². The van der Waals surface area contributed by atoms with E-state index in [-0.39, 0.29) is 5.91 Å². The SMILES string of the molecule is CCCCNC(=O)CSc1nnc(-c2ccncc2)n1CC. The molecule has 2 aromatic heterocycles. The van der Waals surface area contributed by atoms with E-state index in [1.54, 1.807) is 12.4 Å². The Kier molecular flexibility index (Phi) is 6.39. The first-order valence-electron chi connectivity index (χ1n) is 7.49. The van der Waals surface area contributed by atoms with Crippen LogP contribution in [0.2, 0.25) is 0 Å². The van der Waals surface area contributed by atoms with Crippen molar-refractivity contribution in [1.29, 1.82) is 0 Å². The second-order valence-electron chi connectivity index (χ2n) is 4.78. The third-order valence-electron chi connectivity index (χ3n) is 3.16. The van der Waals surface area contributed by atoms with Crippen LogP contribution in [0.5, 0.6) is 0 Å². The van der Waals surface area contributed by atoms with Crippen LogP contribution in [0, 0.1) is 0 Å². The number of amides is 1. The first-order valence-corrected chi connectivity index (χ1v) is 8.47. The zero-order valence-corrected chi connectivity index (χ0v) is 13.8. The normalized spacial score (nSPS) is 10.6. The molecule has 0 aliphatic rings. The van der Waals surface area contributed by atoms with Crippen LogP contribution in [-0.2, 0) is 11.3 Å². The smallest absolute Gasteiger partial charge is 0.230 e. The molecule has 0 aromatic carbocycles. The van der Waals surface area contributed by atoms with Crippen LogP contribution >= 0.6 is 11.8 Å². The van der Waals surface area contributed by atoms with Gasteiger partial charge >= 0.3 is 0 Å². The summed E-state index contributed by atoms with van der Waals surface area (Å²) in [4.78, 5) is 15.8. The Balaban J connectivity index is 2.00. The van der Waals surface area contributed by atoms with Gasteiger partial charge in [-0.05, 0) is 25.5 Å². The van der Waals surface area contributed by atoms with Crippen molar-refractivity contribution in [3.8, 4) is 11.4 Å². The second-order valence-corrected chi connectivity index (χ2v) is 5.72. The van der Waals surface area contributed by atoms with E-state index in [0.717, 1.165) is 42.5 Å². The number of unbranched alkanes of at least 4 members (excludes halogenated alkanes) is 1. The lowest BCUT2D eigenvalue weighted by Crippen LogP contribution is -2.26. The van der Waals surface area contributed by atoms with Gasteiger partial charge in [-0.15, -0.1) is 10.2 Å². The van der Waals surface area contributed by atoms with Gasteiger partial charge in [0.05, 0.1) is 5.75 Å². The highest BCUT2D eigenvalue weighted by atomic mass is 32.2. The number of aromatic nitrogens is 4. The minimum Gasteiger partial charge on any atom is -0.355 e. The Morgan fingerprint density at radius 2 is 2.05 bits per heavy atom. The fraction of sp³-hybridized carbons (Fsp3) is 0.467. The number of hydrogen-bond donors (Lipinski definition) is 1. The Hall–Kier alpha value is -1.89. The van der Waals surface area contributed by atoms with Crippen LogP contribution in [-0.4, -0.2) is 38.0 Å². The molecule has 0 atom stereocenters. The minimum atomic E-state index is 0.0366. The van der Waals surface area contributed by atoms with Gasteiger partial charge in [0.1, 0.15) is 0 Å². The molecule has 2 rings (SSSR count). The van der Waals surface area contributed by atoms with E-state index in [2.05, 4.69) is 27.4 Å². The molecular weight excluding hydrogens is 298 g/mol. The molecule has 2 heterocycles. The molecule has 6 nitrogen and oxygen atoms in total. The van der Waals surface area contributed by atoms with Crippen molar-refractivity contribution in [2.75, 3.05) is 12.3 Å². The summed E-state index contributed by atoms with van der Waals surface area (Å²) in [6.45, 7) is 5.63. The lowest BCUT2D eigenvalue weighted by atomic mass is 10.2. The van der Waals surface area contributed by atoms with E-state index < -0.39 is 0 Å². The first-order chi connectivity index (χ1) is 10.8. The Labute approximate surface area is 134 Å². The molecule has 0 saturated carbocycles. The molecule has 0 aliphatic heterocycles. The average Bonchev–Trinajstić information content (AvgIpc) is 2.97. The van der Waals surface area contributed by atoms with Crippen molar-refractivity contribution in [1.82, 2.24) is 25.1 Å². The number of carbonyl (C=O) groups is 1. The lowest BCUT2D eigenvalue weighted by molar-refractivity contribution is -0.118. The molecule has 0 saturated heterocycles. The van der Waals surface area contributed by atoms with Gasteiger partial charge < -0.3 is 9.88 Å². The first kappa shape index (κ1) is 16.5. The summed E-state index contributed by atoms with van der Waals surface area (Å²) in [5.74, 6) is 1.20. The molecule has 1 amide bonds. The number of rotatable bonds is 8. The van der Waals surface area contributed by atoms with Gasteiger partial charge in [0.15, 0.2) is 11.0 Å². The molecule has 0 unspecified atom stereocenters. The summed E-state index contributed by atoms with van der Waals surface area (Å²) in [6, 6.07) is 3.81. The molecule has 0 radical (unpaired) electrons. The third kappa shape index (κ3) is 4.30. The molecule has 22 heavy (non-hydrogen) atoms. The number of nitrogens with one attached hydrogen (secondary N) is 1. The zero-order valence-electron chi connectivity index (χ0n) is 13.0. The van der Waals surface area contributed by atoms with Gasteiger partial charge in [-0.1, -0.05) is 25.1 Å². The molecule has 0 aliphatic carbocycles. The van der Waals surface area contributed by atoms with Crippen LogP contribution in [0.3, 0.4) is 0 Å². The number of hydrogen-bond acceptors (Lipinski definition) is 5. The van der Waals surface area contributed by atoms with E-state index in [9.17, 15) is 4.79 Å². The van der Waals surface area contributed by atoms with Crippen molar-refractivity contribution >= 4 is 17.7 Å². The van der Waals surface area contributed by atoms with E-state index >= 15 is 0 Å². The lowest BCUT2D eigenvalue weighted by Gasteiger charge is -2.07. The maximum Gasteiger partial charge on any atom is 0.230 e. The predicted molar refractivity (Wildman–Crippen MR) is 87.6 cm³/mol. The van der Waals surface area contributed by atoms with Crippen molar-refractivity contribution in [2.24, 2.45) is 0 Å². The highest BCUT2D eigenvalue weighted by molar-refractivity contribution is 7.99. The van der Waals surface area contributed by atoms with E-state index in [1.165, 1.54) is 11.8 Å². The van der Waals surface area contributed by atoms with Crippen molar-refractivity contribution in [3.63, 3.8) is 0 Å². The quantitative estimate of drug-likeness (QED) is 0.597. The van der Waals surface area contributed by atoms with Gasteiger partial charge in [-0.3, -0.25) is 9.78 Å². The summed E-state index contributed by atoms with van der Waals surface area (Å²) >= 11 is 1.41. The maximum absolute atomic E-state index is 11.8. The highest BCUT2D eigenvalue weighted by Gasteiger charge is 2.14. The predicted octanol–water partition coefficient (Wildman–Crippen LogP) is 2.37. The van der Waals surface area contributed by atoms with Gasteiger partial charge in [-0.2, -0.15) is 0 Å². The highest BCUT2D eigenvalue weighted by Crippen LogP contribution is 2.23. The zero-order chi connectivity index (χ0) is 15.8. The molecule has 1 N–H and O–H groups in total. The molecule has 2 aromatic rings. The monoisotopic (exact) mass is 319 g/mol. The largest absolute Gasteiger partial charge is 0.355 e. The Morgan fingerprint density at radius 3 is 2.73 bits per heavy atom. The van der Waals surface area contributed by atoms with Gasteiger partial charge in [0.25, 0.3) is 0 Å². The minimum absolute atomic E-state index is 0.0366. The molecular formula is C15H21N5OS. The van der Waals surface area contributed by atoms with Gasteiger partial charge in [-0.25, -0.2) is 0 Å². The third-order valence-corrected chi connectivity index (χ3v) is 4.12. The van der Waals surface area contributed by atoms with Crippen LogP contribution < -0.4 is 5.32 Å². The summed E-state index contributed by atoms with van der Waals surface area (Å²) in [5, 5.41) is 12.1. The fourth-order valence-electron chi connectivity index (χ4n) is 1.98. The van der Waals surface area contributed by atoms with Crippen molar-refractivity contribution < 1.29 is 4.79 Å². The molecule has 118 valence electrons. The Bertz CT molecular complexity index is 599. The summed E-state index contributed by atoms with van der Waals surface area (Å²) < 4.78 is 2.01.